The predicted molar refractivity (Wildman–Crippen MR) is 66.0 cm³/mol. The van der Waals surface area contributed by atoms with Crippen molar-refractivity contribution < 1.29 is 14.7 Å². The van der Waals surface area contributed by atoms with Crippen molar-refractivity contribution in [3.8, 4) is 0 Å². The molecule has 0 saturated heterocycles. The van der Waals surface area contributed by atoms with Gasteiger partial charge in [0, 0.05) is 18.2 Å². The third-order valence-electron chi connectivity index (χ3n) is 2.21. The first-order valence-corrected chi connectivity index (χ1v) is 5.59. The van der Waals surface area contributed by atoms with Crippen molar-refractivity contribution in [3.05, 3.63) is 12.4 Å². The van der Waals surface area contributed by atoms with Crippen LogP contribution in [0.5, 0.6) is 0 Å². The molecule has 4 N–H and O–H groups in total. The summed E-state index contributed by atoms with van der Waals surface area (Å²) in [5.41, 5.74) is 5.87. The van der Waals surface area contributed by atoms with Gasteiger partial charge in [-0.05, 0) is 20.3 Å². The summed E-state index contributed by atoms with van der Waals surface area (Å²) >= 11 is 0. The Labute approximate surface area is 105 Å². The van der Waals surface area contributed by atoms with E-state index >= 15 is 0 Å². The van der Waals surface area contributed by atoms with Crippen molar-refractivity contribution >= 4 is 17.6 Å². The largest absolute Gasteiger partial charge is 0.480 e. The summed E-state index contributed by atoms with van der Waals surface area (Å²) in [5.74, 6) is -1.15. The Morgan fingerprint density at radius 3 is 2.78 bits per heavy atom. The van der Waals surface area contributed by atoms with E-state index in [-0.39, 0.29) is 18.0 Å². The zero-order valence-electron chi connectivity index (χ0n) is 10.5. The van der Waals surface area contributed by atoms with Gasteiger partial charge in [0.25, 0.3) is 0 Å². The van der Waals surface area contributed by atoms with Crippen LogP contribution < -0.4 is 11.1 Å². The molecule has 0 spiro atoms. The Kier molecular flexibility index (Phi) is 4.43. The molecule has 1 aromatic heterocycles. The van der Waals surface area contributed by atoms with E-state index in [2.05, 4.69) is 10.4 Å². The van der Waals surface area contributed by atoms with Gasteiger partial charge in [0.05, 0.1) is 11.9 Å². The lowest BCUT2D eigenvalue weighted by Crippen LogP contribution is -2.33. The number of amides is 1. The summed E-state index contributed by atoms with van der Waals surface area (Å²) in [4.78, 5) is 22.0. The van der Waals surface area contributed by atoms with Gasteiger partial charge in [-0.25, -0.2) is 0 Å². The molecular formula is C11H18N4O3. The molecule has 7 nitrogen and oxygen atoms in total. The van der Waals surface area contributed by atoms with Crippen LogP contribution in [-0.2, 0) is 16.1 Å². The average molecular weight is 254 g/mol. The van der Waals surface area contributed by atoms with Crippen LogP contribution in [0.2, 0.25) is 0 Å². The molecule has 1 aromatic rings. The van der Waals surface area contributed by atoms with E-state index in [0.29, 0.717) is 18.5 Å². The number of aliphatic carboxylic acids is 1. The molecule has 0 radical (unpaired) electrons. The topological polar surface area (TPSA) is 110 Å². The maximum atomic E-state index is 11.6. The number of anilines is 1. The van der Waals surface area contributed by atoms with Gasteiger partial charge in [-0.2, -0.15) is 5.10 Å². The van der Waals surface area contributed by atoms with E-state index in [1.807, 2.05) is 13.8 Å². The van der Waals surface area contributed by atoms with Crippen molar-refractivity contribution in [1.29, 1.82) is 0 Å². The van der Waals surface area contributed by atoms with Crippen molar-refractivity contribution in [2.45, 2.75) is 38.8 Å². The summed E-state index contributed by atoms with van der Waals surface area (Å²) < 4.78 is 1.24. The quantitative estimate of drug-likeness (QED) is 0.681. The number of aromatic nitrogens is 2. The molecule has 1 rings (SSSR count). The number of hydrogen-bond acceptors (Lipinski definition) is 4. The maximum Gasteiger partial charge on any atom is 0.325 e. The average Bonchev–Trinajstić information content (AvgIpc) is 2.60. The lowest BCUT2D eigenvalue weighted by molar-refractivity contribution is -0.137. The molecule has 0 unspecified atom stereocenters. The van der Waals surface area contributed by atoms with E-state index in [1.54, 1.807) is 0 Å². The van der Waals surface area contributed by atoms with Crippen molar-refractivity contribution in [1.82, 2.24) is 9.78 Å². The first-order chi connectivity index (χ1) is 8.26. The molecule has 0 aliphatic carbocycles. The number of nitrogens with one attached hydrogen (secondary N) is 1. The van der Waals surface area contributed by atoms with Crippen LogP contribution in [0.1, 0.15) is 26.7 Å². The number of rotatable bonds is 6. The number of hydrogen-bond donors (Lipinski definition) is 3. The fourth-order valence-corrected chi connectivity index (χ4v) is 1.31. The first-order valence-electron chi connectivity index (χ1n) is 5.59. The summed E-state index contributed by atoms with van der Waals surface area (Å²) in [6.45, 7) is 3.47. The fraction of sp³-hybridized carbons (Fsp3) is 0.545. The van der Waals surface area contributed by atoms with E-state index in [1.165, 1.54) is 17.1 Å². The smallest absolute Gasteiger partial charge is 0.325 e. The van der Waals surface area contributed by atoms with Crippen LogP contribution in [0.4, 0.5) is 5.69 Å². The third-order valence-corrected chi connectivity index (χ3v) is 2.21. The maximum absolute atomic E-state index is 11.6. The lowest BCUT2D eigenvalue weighted by Gasteiger charge is -2.17. The van der Waals surface area contributed by atoms with E-state index < -0.39 is 5.97 Å². The van der Waals surface area contributed by atoms with Crippen molar-refractivity contribution in [2.75, 3.05) is 5.32 Å². The minimum Gasteiger partial charge on any atom is -0.480 e. The number of carbonyl (C=O) groups is 2. The fourth-order valence-electron chi connectivity index (χ4n) is 1.31. The van der Waals surface area contributed by atoms with Crippen LogP contribution in [0.25, 0.3) is 0 Å². The van der Waals surface area contributed by atoms with Gasteiger partial charge in [0.2, 0.25) is 5.91 Å². The highest BCUT2D eigenvalue weighted by atomic mass is 16.4. The summed E-state index contributed by atoms with van der Waals surface area (Å²) in [6.07, 6.45) is 3.77. The van der Waals surface area contributed by atoms with Gasteiger partial charge in [0.1, 0.15) is 6.54 Å². The highest BCUT2D eigenvalue weighted by Gasteiger charge is 2.13. The monoisotopic (exact) mass is 254 g/mol. The second kappa shape index (κ2) is 5.63. The third kappa shape index (κ3) is 5.44. The van der Waals surface area contributed by atoms with Crippen molar-refractivity contribution in [3.63, 3.8) is 0 Å². The molecule has 0 bridgehead atoms. The van der Waals surface area contributed by atoms with E-state index in [0.717, 1.165) is 0 Å². The second-order valence-corrected chi connectivity index (χ2v) is 4.86. The van der Waals surface area contributed by atoms with Crippen LogP contribution in [0, 0.1) is 0 Å². The van der Waals surface area contributed by atoms with Gasteiger partial charge >= 0.3 is 5.97 Å². The second-order valence-electron chi connectivity index (χ2n) is 4.86. The summed E-state index contributed by atoms with van der Waals surface area (Å²) in [7, 11) is 0. The lowest BCUT2D eigenvalue weighted by atomic mass is 10.00. The number of nitrogens with two attached hydrogens (primary N) is 1. The molecule has 1 amide bonds. The predicted octanol–water partition coefficient (Wildman–Crippen LogP) is 0.424. The molecule has 1 heterocycles. The van der Waals surface area contributed by atoms with Crippen LogP contribution in [0.15, 0.2) is 12.4 Å². The van der Waals surface area contributed by atoms with Crippen molar-refractivity contribution in [2.24, 2.45) is 5.73 Å². The number of carboxylic acid groups (broad SMARTS) is 1. The number of carboxylic acids is 1. The molecule has 0 aliphatic rings. The van der Waals surface area contributed by atoms with Gasteiger partial charge in [0.15, 0.2) is 0 Å². The molecule has 0 atom stereocenters. The van der Waals surface area contributed by atoms with Gasteiger partial charge in [-0.1, -0.05) is 0 Å². The minimum atomic E-state index is -0.985. The molecule has 0 aromatic carbocycles. The zero-order chi connectivity index (χ0) is 13.8. The highest BCUT2D eigenvalue weighted by molar-refractivity contribution is 5.90. The Morgan fingerprint density at radius 2 is 2.22 bits per heavy atom. The number of carbonyl (C=O) groups excluding carboxylic acids is 1. The molecule has 0 fully saturated rings. The Balaban J connectivity index is 2.45. The summed E-state index contributed by atoms with van der Waals surface area (Å²) in [5, 5.41) is 15.0. The van der Waals surface area contributed by atoms with Crippen LogP contribution in [-0.4, -0.2) is 32.3 Å². The van der Waals surface area contributed by atoms with Gasteiger partial charge in [-0.15, -0.1) is 0 Å². The first kappa shape index (κ1) is 14.2. The number of nitrogens with zero attached hydrogens (tertiary/aromatic N) is 2. The standard InChI is InChI=1S/C11H18N4O3/c1-11(2,12)4-3-9(16)14-8-5-13-15(6-8)7-10(17)18/h5-6H,3-4,7,12H2,1-2H3,(H,14,16)(H,17,18). The van der Waals surface area contributed by atoms with E-state index in [4.69, 9.17) is 10.8 Å². The molecule has 0 saturated carbocycles. The minimum absolute atomic E-state index is 0.164. The molecular weight excluding hydrogens is 236 g/mol. The molecule has 18 heavy (non-hydrogen) atoms. The van der Waals surface area contributed by atoms with Crippen LogP contribution >= 0.6 is 0 Å². The van der Waals surface area contributed by atoms with Crippen LogP contribution in [0.3, 0.4) is 0 Å². The molecule has 0 aliphatic heterocycles. The molecule has 7 heteroatoms. The Bertz CT molecular complexity index is 434. The normalized spacial score (nSPS) is 11.3. The highest BCUT2D eigenvalue weighted by Crippen LogP contribution is 2.10. The Morgan fingerprint density at radius 1 is 1.56 bits per heavy atom. The van der Waals surface area contributed by atoms with Gasteiger partial charge < -0.3 is 16.2 Å². The zero-order valence-corrected chi connectivity index (χ0v) is 10.5. The Hall–Kier alpha value is -1.89. The molecule has 100 valence electrons. The van der Waals surface area contributed by atoms with E-state index in [9.17, 15) is 9.59 Å². The van der Waals surface area contributed by atoms with Gasteiger partial charge in [-0.3, -0.25) is 14.3 Å². The summed E-state index contributed by atoms with van der Waals surface area (Å²) in [6, 6.07) is 0. The SMILES string of the molecule is CC(C)(N)CCC(=O)Nc1cnn(CC(=O)O)c1.